The Bertz CT molecular complexity index is 151. The third-order valence-electron chi connectivity index (χ3n) is 1.53. The molecule has 12 heavy (non-hydrogen) atoms. The number of aliphatic hydroxyl groups excluding tert-OH is 1. The summed E-state index contributed by atoms with van der Waals surface area (Å²) in [5, 5.41) is 8.69. The summed E-state index contributed by atoms with van der Waals surface area (Å²) in [7, 11) is 1.33. The van der Waals surface area contributed by atoms with Crippen molar-refractivity contribution in [3.8, 4) is 0 Å². The van der Waals surface area contributed by atoms with E-state index in [9.17, 15) is 4.79 Å². The van der Waals surface area contributed by atoms with Crippen molar-refractivity contribution in [1.82, 2.24) is 4.90 Å². The van der Waals surface area contributed by atoms with E-state index in [-0.39, 0.29) is 12.1 Å². The maximum absolute atomic E-state index is 11.1. The predicted octanol–water partition coefficient (Wildman–Crippen LogP) is 0.846. The molecule has 72 valence electrons. The minimum Gasteiger partial charge on any atom is -0.453 e. The number of hydrogen-bond acceptors (Lipinski definition) is 3. The molecule has 1 N–H and O–H groups in total. The predicted molar refractivity (Wildman–Crippen MR) is 45.9 cm³/mol. The Morgan fingerprint density at radius 1 is 1.50 bits per heavy atom. The maximum atomic E-state index is 11.1. The summed E-state index contributed by atoms with van der Waals surface area (Å²) in [4.78, 5) is 12.6. The molecule has 0 saturated carbocycles. The molecular formula is C8H17NO3. The zero-order chi connectivity index (χ0) is 9.78. The molecule has 0 saturated heterocycles. The fourth-order valence-corrected chi connectivity index (χ4v) is 0.911. The van der Waals surface area contributed by atoms with Crippen LogP contribution in [0.25, 0.3) is 0 Å². The molecule has 0 heterocycles. The van der Waals surface area contributed by atoms with Gasteiger partial charge in [-0.05, 0) is 20.8 Å². The summed E-state index contributed by atoms with van der Waals surface area (Å²) in [5.74, 6) is 0. The van der Waals surface area contributed by atoms with Crippen LogP contribution in [0.2, 0.25) is 0 Å². The summed E-state index contributed by atoms with van der Waals surface area (Å²) in [6.45, 7) is 5.92. The second kappa shape index (κ2) is 4.30. The van der Waals surface area contributed by atoms with Gasteiger partial charge in [-0.25, -0.2) is 4.79 Å². The van der Waals surface area contributed by atoms with Gasteiger partial charge in [0.05, 0.1) is 13.7 Å². The molecule has 0 spiro atoms. The van der Waals surface area contributed by atoms with Gasteiger partial charge < -0.3 is 14.7 Å². The average Bonchev–Trinajstić information content (AvgIpc) is 1.96. The van der Waals surface area contributed by atoms with Crippen LogP contribution in [0.15, 0.2) is 0 Å². The molecule has 1 amide bonds. The van der Waals surface area contributed by atoms with Gasteiger partial charge in [0.1, 0.15) is 0 Å². The van der Waals surface area contributed by atoms with E-state index in [0.717, 1.165) is 0 Å². The Kier molecular flexibility index (Phi) is 4.03. The Hall–Kier alpha value is -0.770. The molecule has 0 aliphatic carbocycles. The molecule has 0 aromatic heterocycles. The van der Waals surface area contributed by atoms with Gasteiger partial charge in [0.15, 0.2) is 0 Å². The zero-order valence-corrected chi connectivity index (χ0v) is 8.13. The van der Waals surface area contributed by atoms with E-state index in [0.29, 0.717) is 6.54 Å². The Balaban J connectivity index is 4.33. The number of carbonyl (C=O) groups is 1. The topological polar surface area (TPSA) is 49.8 Å². The second-order valence-corrected chi connectivity index (χ2v) is 3.52. The first kappa shape index (κ1) is 11.2. The number of rotatable bonds is 2. The Morgan fingerprint density at radius 2 is 2.00 bits per heavy atom. The number of β-amino-alcohol motifs (C(OH)–C–C–N with tert-alkyl or cyclic N) is 1. The molecule has 0 aromatic carbocycles. The number of methoxy groups -OCH3 is 1. The summed E-state index contributed by atoms with van der Waals surface area (Å²) in [5.41, 5.74) is -0.310. The van der Waals surface area contributed by atoms with E-state index < -0.39 is 6.09 Å². The minimum atomic E-state index is -0.406. The first-order chi connectivity index (χ1) is 5.43. The van der Waals surface area contributed by atoms with Gasteiger partial charge in [-0.15, -0.1) is 0 Å². The molecule has 0 fully saturated rings. The molecule has 0 rings (SSSR count). The van der Waals surface area contributed by atoms with Crippen LogP contribution >= 0.6 is 0 Å². The standard InChI is InChI=1S/C8H17NO3/c1-8(2,3)9(5-6-10)7(11)12-4/h10H,5-6H2,1-4H3. The summed E-state index contributed by atoms with van der Waals surface area (Å²) in [6.07, 6.45) is -0.406. The number of aliphatic hydroxyl groups is 1. The maximum Gasteiger partial charge on any atom is 0.409 e. The van der Waals surface area contributed by atoms with Crippen molar-refractivity contribution in [2.75, 3.05) is 20.3 Å². The Labute approximate surface area is 73.1 Å². The van der Waals surface area contributed by atoms with Crippen LogP contribution in [-0.2, 0) is 4.74 Å². The third-order valence-corrected chi connectivity index (χ3v) is 1.53. The Morgan fingerprint density at radius 3 is 2.25 bits per heavy atom. The van der Waals surface area contributed by atoms with Gasteiger partial charge >= 0.3 is 6.09 Å². The van der Waals surface area contributed by atoms with Crippen LogP contribution in [-0.4, -0.2) is 41.9 Å². The molecule has 4 nitrogen and oxygen atoms in total. The lowest BCUT2D eigenvalue weighted by molar-refractivity contribution is 0.0719. The van der Waals surface area contributed by atoms with E-state index in [4.69, 9.17) is 5.11 Å². The van der Waals surface area contributed by atoms with Gasteiger partial charge in [0.25, 0.3) is 0 Å². The normalized spacial score (nSPS) is 11.1. The lowest BCUT2D eigenvalue weighted by atomic mass is 10.1. The van der Waals surface area contributed by atoms with Crippen molar-refractivity contribution in [3.05, 3.63) is 0 Å². The highest BCUT2D eigenvalue weighted by atomic mass is 16.5. The molecule has 4 heteroatoms. The zero-order valence-electron chi connectivity index (χ0n) is 8.13. The van der Waals surface area contributed by atoms with E-state index in [1.165, 1.54) is 12.0 Å². The first-order valence-corrected chi connectivity index (χ1v) is 3.90. The third kappa shape index (κ3) is 3.09. The van der Waals surface area contributed by atoms with E-state index in [1.807, 2.05) is 20.8 Å². The van der Waals surface area contributed by atoms with Gasteiger partial charge in [-0.2, -0.15) is 0 Å². The van der Waals surface area contributed by atoms with Crippen LogP contribution in [0.5, 0.6) is 0 Å². The van der Waals surface area contributed by atoms with E-state index in [2.05, 4.69) is 4.74 Å². The van der Waals surface area contributed by atoms with Crippen LogP contribution in [0, 0.1) is 0 Å². The number of carbonyl (C=O) groups excluding carboxylic acids is 1. The van der Waals surface area contributed by atoms with Gasteiger partial charge in [-0.3, -0.25) is 0 Å². The fourth-order valence-electron chi connectivity index (χ4n) is 0.911. The highest BCUT2D eigenvalue weighted by molar-refractivity contribution is 5.68. The highest BCUT2D eigenvalue weighted by Crippen LogP contribution is 2.13. The molecule has 0 aliphatic rings. The van der Waals surface area contributed by atoms with Crippen molar-refractivity contribution >= 4 is 6.09 Å². The van der Waals surface area contributed by atoms with Gasteiger partial charge in [-0.1, -0.05) is 0 Å². The fraction of sp³-hybridized carbons (Fsp3) is 0.875. The van der Waals surface area contributed by atoms with Crippen LogP contribution in [0.4, 0.5) is 4.79 Å². The molecule has 0 aliphatic heterocycles. The molecule has 0 unspecified atom stereocenters. The van der Waals surface area contributed by atoms with Crippen molar-refractivity contribution in [2.24, 2.45) is 0 Å². The van der Waals surface area contributed by atoms with Crippen molar-refractivity contribution in [1.29, 1.82) is 0 Å². The number of amides is 1. The minimum absolute atomic E-state index is 0.0492. The molecule has 0 atom stereocenters. The molecule has 0 aromatic rings. The van der Waals surface area contributed by atoms with Crippen molar-refractivity contribution in [3.63, 3.8) is 0 Å². The lowest BCUT2D eigenvalue weighted by Crippen LogP contribution is -2.47. The summed E-state index contributed by atoms with van der Waals surface area (Å²) in [6, 6.07) is 0. The summed E-state index contributed by atoms with van der Waals surface area (Å²) < 4.78 is 4.57. The van der Waals surface area contributed by atoms with Gasteiger partial charge in [0, 0.05) is 12.1 Å². The largest absolute Gasteiger partial charge is 0.453 e. The first-order valence-electron chi connectivity index (χ1n) is 3.90. The monoisotopic (exact) mass is 175 g/mol. The lowest BCUT2D eigenvalue weighted by Gasteiger charge is -2.33. The number of hydrogen-bond donors (Lipinski definition) is 1. The number of nitrogens with zero attached hydrogens (tertiary/aromatic N) is 1. The number of ether oxygens (including phenoxy) is 1. The highest BCUT2D eigenvalue weighted by Gasteiger charge is 2.26. The SMILES string of the molecule is COC(=O)N(CCO)C(C)(C)C. The van der Waals surface area contributed by atoms with Gasteiger partial charge in [0.2, 0.25) is 0 Å². The molecule has 0 bridgehead atoms. The van der Waals surface area contributed by atoms with E-state index >= 15 is 0 Å². The summed E-state index contributed by atoms with van der Waals surface area (Å²) >= 11 is 0. The molecule has 0 radical (unpaired) electrons. The average molecular weight is 175 g/mol. The van der Waals surface area contributed by atoms with Crippen LogP contribution < -0.4 is 0 Å². The van der Waals surface area contributed by atoms with Crippen LogP contribution in [0.1, 0.15) is 20.8 Å². The van der Waals surface area contributed by atoms with Crippen molar-refractivity contribution < 1.29 is 14.6 Å². The second-order valence-electron chi connectivity index (χ2n) is 3.52. The van der Waals surface area contributed by atoms with Crippen molar-refractivity contribution in [2.45, 2.75) is 26.3 Å². The smallest absolute Gasteiger partial charge is 0.409 e. The quantitative estimate of drug-likeness (QED) is 0.676. The van der Waals surface area contributed by atoms with E-state index in [1.54, 1.807) is 0 Å². The van der Waals surface area contributed by atoms with Crippen LogP contribution in [0.3, 0.4) is 0 Å². The molecular weight excluding hydrogens is 158 g/mol.